The smallest absolute Gasteiger partial charge is 0.245 e. The number of rotatable bonds is 3. The lowest BCUT2D eigenvalue weighted by atomic mass is 10.1. The summed E-state index contributed by atoms with van der Waals surface area (Å²) in [5, 5.41) is 5.39. The average Bonchev–Trinajstić information content (AvgIpc) is 3.08. The highest BCUT2D eigenvalue weighted by Crippen LogP contribution is 2.33. The maximum atomic E-state index is 12.7. The second-order valence-corrected chi connectivity index (χ2v) is 7.10. The summed E-state index contributed by atoms with van der Waals surface area (Å²) in [6, 6.07) is 7.54. The lowest BCUT2D eigenvalue weighted by Gasteiger charge is -2.30. The Bertz CT molecular complexity index is 758. The first-order valence-corrected chi connectivity index (χ1v) is 9.09. The first kappa shape index (κ1) is 15.3. The van der Waals surface area contributed by atoms with E-state index < -0.39 is 0 Å². The van der Waals surface area contributed by atoms with Crippen LogP contribution in [-0.4, -0.2) is 36.6 Å². The molecule has 24 heavy (non-hydrogen) atoms. The lowest BCUT2D eigenvalue weighted by molar-refractivity contribution is -0.132. The number of anilines is 1. The highest BCUT2D eigenvalue weighted by molar-refractivity contribution is 7.10. The van der Waals surface area contributed by atoms with E-state index in [1.54, 1.807) is 11.3 Å². The monoisotopic (exact) mass is 344 g/mol. The van der Waals surface area contributed by atoms with Crippen LogP contribution >= 0.6 is 11.3 Å². The predicted octanol–water partition coefficient (Wildman–Crippen LogP) is 2.90. The van der Waals surface area contributed by atoms with Gasteiger partial charge in [0.25, 0.3) is 0 Å². The summed E-state index contributed by atoms with van der Waals surface area (Å²) < 4.78 is 11.1. The van der Waals surface area contributed by atoms with Crippen molar-refractivity contribution in [3.8, 4) is 11.5 Å². The van der Waals surface area contributed by atoms with E-state index in [1.165, 1.54) is 10.4 Å². The summed E-state index contributed by atoms with van der Waals surface area (Å²) in [7, 11) is 0. The molecule has 6 heteroatoms. The molecule has 1 aromatic carbocycles. The fourth-order valence-corrected chi connectivity index (χ4v) is 4.04. The maximum absolute atomic E-state index is 12.7. The normalized spacial score (nSPS) is 17.1. The topological polar surface area (TPSA) is 50.8 Å². The molecule has 126 valence electrons. The van der Waals surface area contributed by atoms with Gasteiger partial charge in [-0.15, -0.1) is 11.3 Å². The van der Waals surface area contributed by atoms with Crippen molar-refractivity contribution in [3.05, 3.63) is 40.1 Å². The number of carbonyl (C=O) groups is 1. The molecule has 0 spiro atoms. The quantitative estimate of drug-likeness (QED) is 0.930. The van der Waals surface area contributed by atoms with Crippen LogP contribution in [0.5, 0.6) is 11.5 Å². The molecule has 3 heterocycles. The van der Waals surface area contributed by atoms with Gasteiger partial charge in [0.15, 0.2) is 11.5 Å². The molecular weight excluding hydrogens is 324 g/mol. The van der Waals surface area contributed by atoms with E-state index in [1.807, 2.05) is 30.0 Å². The molecule has 1 N–H and O–H groups in total. The van der Waals surface area contributed by atoms with E-state index in [-0.39, 0.29) is 11.9 Å². The second-order valence-electron chi connectivity index (χ2n) is 6.10. The molecular formula is C18H20N2O3S. The molecule has 1 aromatic heterocycles. The van der Waals surface area contributed by atoms with Crippen molar-refractivity contribution in [2.75, 3.05) is 25.1 Å². The van der Waals surface area contributed by atoms with Gasteiger partial charge in [-0.3, -0.25) is 4.79 Å². The van der Waals surface area contributed by atoms with E-state index in [9.17, 15) is 4.79 Å². The molecule has 5 nitrogen and oxygen atoms in total. The van der Waals surface area contributed by atoms with Crippen LogP contribution in [0.1, 0.15) is 17.4 Å². The van der Waals surface area contributed by atoms with Gasteiger partial charge in [-0.05, 0) is 42.5 Å². The summed E-state index contributed by atoms with van der Waals surface area (Å²) in [6.45, 7) is 4.54. The molecule has 0 saturated carbocycles. The highest BCUT2D eigenvalue weighted by Gasteiger charge is 2.25. The van der Waals surface area contributed by atoms with E-state index in [0.717, 1.165) is 30.2 Å². The van der Waals surface area contributed by atoms with Crippen molar-refractivity contribution in [3.63, 3.8) is 0 Å². The van der Waals surface area contributed by atoms with Crippen LogP contribution < -0.4 is 14.8 Å². The van der Waals surface area contributed by atoms with Crippen molar-refractivity contribution >= 4 is 22.9 Å². The Morgan fingerprint density at radius 1 is 1.25 bits per heavy atom. The van der Waals surface area contributed by atoms with Gasteiger partial charge in [-0.2, -0.15) is 0 Å². The van der Waals surface area contributed by atoms with Crippen LogP contribution in [0.15, 0.2) is 29.6 Å². The molecule has 0 aliphatic carbocycles. The number of nitrogens with zero attached hydrogens (tertiary/aromatic N) is 1. The SMILES string of the molecule is CC(Nc1ccc2c(c1)OCCO2)C(=O)N1CCc2sccc2C1. The Kier molecular flexibility index (Phi) is 4.06. The number of thiophene rings is 1. The number of amides is 1. The number of hydrogen-bond donors (Lipinski definition) is 1. The van der Waals surface area contributed by atoms with E-state index in [2.05, 4.69) is 16.8 Å². The van der Waals surface area contributed by atoms with Gasteiger partial charge in [0.1, 0.15) is 19.3 Å². The average molecular weight is 344 g/mol. The van der Waals surface area contributed by atoms with Gasteiger partial charge in [-0.1, -0.05) is 0 Å². The van der Waals surface area contributed by atoms with Gasteiger partial charge in [0.05, 0.1) is 0 Å². The third-order valence-electron chi connectivity index (χ3n) is 4.42. The second kappa shape index (κ2) is 6.36. The van der Waals surface area contributed by atoms with Crippen LogP contribution in [0.4, 0.5) is 5.69 Å². The molecule has 2 aliphatic rings. The summed E-state index contributed by atoms with van der Waals surface area (Å²) in [6.07, 6.45) is 0.954. The van der Waals surface area contributed by atoms with Crippen molar-refractivity contribution in [1.82, 2.24) is 4.90 Å². The van der Waals surface area contributed by atoms with Gasteiger partial charge in [0.2, 0.25) is 5.91 Å². The first-order chi connectivity index (χ1) is 11.7. The van der Waals surface area contributed by atoms with Crippen molar-refractivity contribution in [2.24, 2.45) is 0 Å². The highest BCUT2D eigenvalue weighted by atomic mass is 32.1. The molecule has 4 rings (SSSR count). The molecule has 0 bridgehead atoms. The van der Waals surface area contributed by atoms with E-state index >= 15 is 0 Å². The standard InChI is InChI=1S/C18H20N2O3S/c1-12(18(21)20-6-4-17-13(11-20)5-9-24-17)19-14-2-3-15-16(10-14)23-8-7-22-15/h2-3,5,9-10,12,19H,4,6-8,11H2,1H3. The minimum atomic E-state index is -0.284. The van der Waals surface area contributed by atoms with Gasteiger partial charge >= 0.3 is 0 Å². The summed E-state index contributed by atoms with van der Waals surface area (Å²) in [5.74, 6) is 1.61. The largest absolute Gasteiger partial charge is 0.486 e. The third kappa shape index (κ3) is 2.94. The predicted molar refractivity (Wildman–Crippen MR) is 94.0 cm³/mol. The van der Waals surface area contributed by atoms with Gasteiger partial charge in [0, 0.05) is 29.7 Å². The van der Waals surface area contributed by atoms with Crippen molar-refractivity contribution in [2.45, 2.75) is 25.9 Å². The van der Waals surface area contributed by atoms with E-state index in [0.29, 0.717) is 19.8 Å². The Hall–Kier alpha value is -2.21. The number of carbonyl (C=O) groups excluding carboxylic acids is 1. The molecule has 0 radical (unpaired) electrons. The molecule has 1 unspecified atom stereocenters. The first-order valence-electron chi connectivity index (χ1n) is 8.21. The Morgan fingerprint density at radius 2 is 2.08 bits per heavy atom. The Labute approximate surface area is 145 Å². The lowest BCUT2D eigenvalue weighted by Crippen LogP contribution is -2.43. The summed E-state index contributed by atoms with van der Waals surface area (Å²) >= 11 is 1.78. The minimum absolute atomic E-state index is 0.127. The number of benzene rings is 1. The van der Waals surface area contributed by atoms with Gasteiger partial charge < -0.3 is 19.7 Å². The number of hydrogen-bond acceptors (Lipinski definition) is 5. The maximum Gasteiger partial charge on any atom is 0.245 e. The van der Waals surface area contributed by atoms with Crippen LogP contribution in [0.2, 0.25) is 0 Å². The molecule has 0 saturated heterocycles. The molecule has 1 atom stereocenters. The number of fused-ring (bicyclic) bond motifs is 2. The Balaban J connectivity index is 1.42. The zero-order chi connectivity index (χ0) is 16.5. The Morgan fingerprint density at radius 3 is 2.96 bits per heavy atom. The summed E-state index contributed by atoms with van der Waals surface area (Å²) in [5.41, 5.74) is 2.15. The fourth-order valence-electron chi connectivity index (χ4n) is 3.16. The van der Waals surface area contributed by atoms with Crippen LogP contribution in [-0.2, 0) is 17.8 Å². The third-order valence-corrected chi connectivity index (χ3v) is 5.44. The van der Waals surface area contributed by atoms with E-state index in [4.69, 9.17) is 9.47 Å². The zero-order valence-electron chi connectivity index (χ0n) is 13.6. The number of ether oxygens (including phenoxy) is 2. The molecule has 0 fully saturated rings. The van der Waals surface area contributed by atoms with Crippen molar-refractivity contribution < 1.29 is 14.3 Å². The molecule has 2 aliphatic heterocycles. The van der Waals surface area contributed by atoms with Crippen LogP contribution in [0.25, 0.3) is 0 Å². The number of nitrogens with one attached hydrogen (secondary N) is 1. The molecule has 1 amide bonds. The minimum Gasteiger partial charge on any atom is -0.486 e. The fraction of sp³-hybridized carbons (Fsp3) is 0.389. The summed E-state index contributed by atoms with van der Waals surface area (Å²) in [4.78, 5) is 16.1. The van der Waals surface area contributed by atoms with Crippen molar-refractivity contribution in [1.29, 1.82) is 0 Å². The van der Waals surface area contributed by atoms with Crippen LogP contribution in [0.3, 0.4) is 0 Å². The zero-order valence-corrected chi connectivity index (χ0v) is 14.4. The van der Waals surface area contributed by atoms with Gasteiger partial charge in [-0.25, -0.2) is 0 Å². The van der Waals surface area contributed by atoms with Crippen LogP contribution in [0, 0.1) is 0 Å². The molecule has 2 aromatic rings.